The zero-order valence-electron chi connectivity index (χ0n) is 12.2. The fraction of sp³-hybridized carbons (Fsp3) is 0.625. The second-order valence-electron chi connectivity index (χ2n) is 5.98. The number of para-hydroxylation sites is 1. The average Bonchev–Trinajstić information content (AvgIpc) is 2.36. The van der Waals surface area contributed by atoms with Crippen molar-refractivity contribution in [2.24, 2.45) is 5.92 Å². The number of nitrogens with zero attached hydrogens (tertiary/aromatic N) is 1. The van der Waals surface area contributed by atoms with Crippen LogP contribution in [0.15, 0.2) is 18.2 Å². The fourth-order valence-corrected chi connectivity index (χ4v) is 2.76. The molecule has 1 aliphatic rings. The first-order chi connectivity index (χ1) is 9.08. The van der Waals surface area contributed by atoms with Crippen molar-refractivity contribution in [3.8, 4) is 0 Å². The van der Waals surface area contributed by atoms with Gasteiger partial charge in [-0.2, -0.15) is 0 Å². The summed E-state index contributed by atoms with van der Waals surface area (Å²) in [6, 6.07) is 5.83. The zero-order valence-corrected chi connectivity index (χ0v) is 12.2. The lowest BCUT2D eigenvalue weighted by Gasteiger charge is -2.34. The highest BCUT2D eigenvalue weighted by atomic mass is 19.1. The fourth-order valence-electron chi connectivity index (χ4n) is 2.76. The molecule has 1 aliphatic heterocycles. The molecule has 1 atom stereocenters. The number of rotatable bonds is 4. The molecule has 1 heterocycles. The number of piperidine rings is 1. The van der Waals surface area contributed by atoms with Crippen molar-refractivity contribution in [2.75, 3.05) is 18.0 Å². The lowest BCUT2D eigenvalue weighted by Crippen LogP contribution is -2.36. The van der Waals surface area contributed by atoms with Crippen LogP contribution < -0.4 is 10.2 Å². The zero-order chi connectivity index (χ0) is 13.8. The van der Waals surface area contributed by atoms with Crippen molar-refractivity contribution < 1.29 is 4.39 Å². The van der Waals surface area contributed by atoms with Crippen LogP contribution in [0.1, 0.15) is 39.2 Å². The van der Waals surface area contributed by atoms with Gasteiger partial charge in [-0.1, -0.05) is 32.9 Å². The van der Waals surface area contributed by atoms with Crippen LogP contribution in [0.3, 0.4) is 0 Å². The van der Waals surface area contributed by atoms with Gasteiger partial charge in [0.05, 0.1) is 5.69 Å². The standard InChI is InChI=1S/C16H25FN2/c1-12(2)18-10-14-7-4-8-15(17)16(14)19-9-5-6-13(3)11-19/h4,7-8,12-13,18H,5-6,9-11H2,1-3H3. The monoisotopic (exact) mass is 264 g/mol. The molecule has 1 unspecified atom stereocenters. The van der Waals surface area contributed by atoms with Gasteiger partial charge < -0.3 is 10.2 Å². The van der Waals surface area contributed by atoms with Crippen LogP contribution in [-0.2, 0) is 6.54 Å². The Morgan fingerprint density at radius 2 is 2.21 bits per heavy atom. The van der Waals surface area contributed by atoms with E-state index in [1.54, 1.807) is 6.07 Å². The molecule has 0 aromatic heterocycles. The minimum atomic E-state index is -0.0860. The Labute approximate surface area is 116 Å². The summed E-state index contributed by atoms with van der Waals surface area (Å²) in [5.74, 6) is 0.566. The maximum absolute atomic E-state index is 14.2. The molecule has 0 saturated carbocycles. The molecule has 0 bridgehead atoms. The number of hydrogen-bond donors (Lipinski definition) is 1. The Morgan fingerprint density at radius 1 is 1.42 bits per heavy atom. The molecule has 1 aromatic carbocycles. The molecule has 0 radical (unpaired) electrons. The van der Waals surface area contributed by atoms with E-state index < -0.39 is 0 Å². The van der Waals surface area contributed by atoms with Gasteiger partial charge in [-0.15, -0.1) is 0 Å². The smallest absolute Gasteiger partial charge is 0.146 e. The number of halogens is 1. The van der Waals surface area contributed by atoms with E-state index in [0.717, 1.165) is 37.3 Å². The van der Waals surface area contributed by atoms with Crippen molar-refractivity contribution in [3.63, 3.8) is 0 Å². The molecule has 106 valence electrons. The quantitative estimate of drug-likeness (QED) is 0.894. The van der Waals surface area contributed by atoms with Gasteiger partial charge in [0.15, 0.2) is 0 Å². The van der Waals surface area contributed by atoms with Crippen molar-refractivity contribution in [1.82, 2.24) is 5.32 Å². The van der Waals surface area contributed by atoms with E-state index in [2.05, 4.69) is 31.0 Å². The Bertz CT molecular complexity index is 417. The summed E-state index contributed by atoms with van der Waals surface area (Å²) in [5, 5.41) is 3.39. The van der Waals surface area contributed by atoms with Crippen LogP contribution in [0, 0.1) is 11.7 Å². The Morgan fingerprint density at radius 3 is 2.89 bits per heavy atom. The van der Waals surface area contributed by atoms with E-state index in [-0.39, 0.29) is 5.82 Å². The Kier molecular flexibility index (Phi) is 4.81. The number of anilines is 1. The second-order valence-corrected chi connectivity index (χ2v) is 5.98. The molecular weight excluding hydrogens is 239 g/mol. The lowest BCUT2D eigenvalue weighted by molar-refractivity contribution is 0.440. The van der Waals surface area contributed by atoms with Gasteiger partial charge >= 0.3 is 0 Å². The summed E-state index contributed by atoms with van der Waals surface area (Å²) in [5.41, 5.74) is 1.88. The van der Waals surface area contributed by atoms with Crippen molar-refractivity contribution >= 4 is 5.69 Å². The largest absolute Gasteiger partial charge is 0.369 e. The predicted octanol–water partition coefficient (Wildman–Crippen LogP) is 3.56. The van der Waals surface area contributed by atoms with Gasteiger partial charge in [-0.25, -0.2) is 4.39 Å². The predicted molar refractivity (Wildman–Crippen MR) is 79.0 cm³/mol. The maximum atomic E-state index is 14.2. The van der Waals surface area contributed by atoms with Crippen LogP contribution in [-0.4, -0.2) is 19.1 Å². The topological polar surface area (TPSA) is 15.3 Å². The normalized spacial score (nSPS) is 20.1. The minimum absolute atomic E-state index is 0.0860. The third-order valence-electron chi connectivity index (χ3n) is 3.74. The van der Waals surface area contributed by atoms with Gasteiger partial charge in [0, 0.05) is 25.7 Å². The van der Waals surface area contributed by atoms with E-state index in [0.29, 0.717) is 12.0 Å². The van der Waals surface area contributed by atoms with Gasteiger partial charge in [0.2, 0.25) is 0 Å². The molecule has 19 heavy (non-hydrogen) atoms. The molecule has 3 heteroatoms. The molecule has 0 aliphatic carbocycles. The molecule has 1 aromatic rings. The highest BCUT2D eigenvalue weighted by Crippen LogP contribution is 2.29. The summed E-state index contributed by atoms with van der Waals surface area (Å²) >= 11 is 0. The summed E-state index contributed by atoms with van der Waals surface area (Å²) in [7, 11) is 0. The van der Waals surface area contributed by atoms with Gasteiger partial charge in [-0.3, -0.25) is 0 Å². The van der Waals surface area contributed by atoms with Crippen molar-refractivity contribution in [3.05, 3.63) is 29.6 Å². The Balaban J connectivity index is 2.21. The maximum Gasteiger partial charge on any atom is 0.146 e. The van der Waals surface area contributed by atoms with Gasteiger partial charge in [0.1, 0.15) is 5.82 Å². The molecule has 0 amide bonds. The van der Waals surface area contributed by atoms with E-state index in [4.69, 9.17) is 0 Å². The lowest BCUT2D eigenvalue weighted by atomic mass is 9.98. The van der Waals surface area contributed by atoms with Gasteiger partial charge in [0.25, 0.3) is 0 Å². The summed E-state index contributed by atoms with van der Waals surface area (Å²) in [6.07, 6.45) is 2.41. The van der Waals surface area contributed by atoms with Crippen LogP contribution >= 0.6 is 0 Å². The minimum Gasteiger partial charge on any atom is -0.369 e. The van der Waals surface area contributed by atoms with E-state index in [1.165, 1.54) is 6.42 Å². The first kappa shape index (κ1) is 14.3. The molecule has 1 fully saturated rings. The Hall–Kier alpha value is -1.09. The molecule has 1 saturated heterocycles. The SMILES string of the molecule is CC1CCCN(c2c(F)cccc2CNC(C)C)C1. The molecule has 2 rings (SSSR count). The van der Waals surface area contributed by atoms with Crippen molar-refractivity contribution in [1.29, 1.82) is 0 Å². The number of nitrogens with one attached hydrogen (secondary N) is 1. The third kappa shape index (κ3) is 3.69. The van der Waals surface area contributed by atoms with Crippen LogP contribution in [0.25, 0.3) is 0 Å². The highest BCUT2D eigenvalue weighted by Gasteiger charge is 2.21. The van der Waals surface area contributed by atoms with Crippen LogP contribution in [0.2, 0.25) is 0 Å². The molecule has 2 nitrogen and oxygen atoms in total. The van der Waals surface area contributed by atoms with Crippen molar-refractivity contribution in [2.45, 2.75) is 46.2 Å². The first-order valence-corrected chi connectivity index (χ1v) is 7.33. The van der Waals surface area contributed by atoms with Crippen LogP contribution in [0.5, 0.6) is 0 Å². The van der Waals surface area contributed by atoms with E-state index in [9.17, 15) is 4.39 Å². The third-order valence-corrected chi connectivity index (χ3v) is 3.74. The summed E-state index contributed by atoms with van der Waals surface area (Å²) in [6.45, 7) is 9.15. The van der Waals surface area contributed by atoms with Gasteiger partial charge in [-0.05, 0) is 30.4 Å². The van der Waals surface area contributed by atoms with Crippen LogP contribution in [0.4, 0.5) is 10.1 Å². The number of benzene rings is 1. The highest BCUT2D eigenvalue weighted by molar-refractivity contribution is 5.55. The summed E-state index contributed by atoms with van der Waals surface area (Å²) < 4.78 is 14.2. The molecular formula is C16H25FN2. The average molecular weight is 264 g/mol. The van der Waals surface area contributed by atoms with E-state index in [1.807, 2.05) is 12.1 Å². The summed E-state index contributed by atoms with van der Waals surface area (Å²) in [4.78, 5) is 2.22. The number of hydrogen-bond acceptors (Lipinski definition) is 2. The first-order valence-electron chi connectivity index (χ1n) is 7.33. The molecule has 1 N–H and O–H groups in total. The van der Waals surface area contributed by atoms with E-state index >= 15 is 0 Å². The molecule has 0 spiro atoms. The second kappa shape index (κ2) is 6.38.